The molecule has 0 aromatic rings. The van der Waals surface area contributed by atoms with Crippen molar-refractivity contribution < 1.29 is 9.47 Å². The smallest absolute Gasteiger partial charge is 0.193 e. The van der Waals surface area contributed by atoms with Crippen LogP contribution in [0.1, 0.15) is 51.9 Å². The zero-order valence-corrected chi connectivity index (χ0v) is 19.8. The molecule has 2 saturated heterocycles. The average molecular weight is 496 g/mol. The van der Waals surface area contributed by atoms with Crippen LogP contribution in [0.5, 0.6) is 0 Å². The van der Waals surface area contributed by atoms with E-state index in [1.54, 1.807) is 7.11 Å². The summed E-state index contributed by atoms with van der Waals surface area (Å²) < 4.78 is 11.0. The van der Waals surface area contributed by atoms with E-state index in [1.807, 2.05) is 0 Å². The SMILES string of the molecule is CCNC(=NCCCCN1CCCC1)N1CCC(OCCCOC)CC1.I. The molecule has 0 unspecified atom stereocenters. The van der Waals surface area contributed by atoms with Crippen LogP contribution in [-0.4, -0.2) is 88.0 Å². The maximum Gasteiger partial charge on any atom is 0.193 e. The summed E-state index contributed by atoms with van der Waals surface area (Å²) in [5, 5.41) is 3.47. The molecule has 160 valence electrons. The van der Waals surface area contributed by atoms with Crippen LogP contribution in [0.25, 0.3) is 0 Å². The first kappa shape index (κ1) is 24.9. The standard InChI is InChI=1S/C20H40N4O2.HI/c1-3-21-20(22-11-4-5-12-23-13-6-7-14-23)24-15-9-19(10-16-24)26-18-8-17-25-2;/h19H,3-18H2,1-2H3,(H,21,22);1H. The minimum Gasteiger partial charge on any atom is -0.385 e. The Hall–Kier alpha value is -0.120. The highest BCUT2D eigenvalue weighted by Gasteiger charge is 2.21. The largest absolute Gasteiger partial charge is 0.385 e. The molecule has 0 spiro atoms. The molecule has 2 rings (SSSR count). The number of halogens is 1. The van der Waals surface area contributed by atoms with Crippen molar-refractivity contribution >= 4 is 29.9 Å². The third kappa shape index (κ3) is 10.3. The Kier molecular flexibility index (Phi) is 14.5. The van der Waals surface area contributed by atoms with Crippen molar-refractivity contribution in [1.82, 2.24) is 15.1 Å². The predicted octanol–water partition coefficient (Wildman–Crippen LogP) is 2.96. The Morgan fingerprint density at radius 1 is 1.04 bits per heavy atom. The van der Waals surface area contributed by atoms with Gasteiger partial charge in [-0.2, -0.15) is 0 Å². The van der Waals surface area contributed by atoms with Crippen molar-refractivity contribution in [2.45, 2.75) is 58.0 Å². The van der Waals surface area contributed by atoms with E-state index in [9.17, 15) is 0 Å². The van der Waals surface area contributed by atoms with Crippen LogP contribution in [0, 0.1) is 0 Å². The lowest BCUT2D eigenvalue weighted by Gasteiger charge is -2.34. The van der Waals surface area contributed by atoms with Crippen LogP contribution in [0.4, 0.5) is 0 Å². The molecule has 2 fully saturated rings. The summed E-state index contributed by atoms with van der Waals surface area (Å²) in [4.78, 5) is 9.86. The van der Waals surface area contributed by atoms with Crippen molar-refractivity contribution in [3.8, 4) is 0 Å². The van der Waals surface area contributed by atoms with Crippen LogP contribution in [-0.2, 0) is 9.47 Å². The summed E-state index contributed by atoms with van der Waals surface area (Å²) in [6.45, 7) is 11.5. The summed E-state index contributed by atoms with van der Waals surface area (Å²) in [5.41, 5.74) is 0. The number of nitrogens with one attached hydrogen (secondary N) is 1. The fourth-order valence-corrected chi connectivity index (χ4v) is 3.75. The van der Waals surface area contributed by atoms with E-state index >= 15 is 0 Å². The number of methoxy groups -OCH3 is 1. The normalized spacial score (nSPS) is 19.3. The summed E-state index contributed by atoms with van der Waals surface area (Å²) in [6, 6.07) is 0. The minimum atomic E-state index is 0. The number of rotatable bonds is 11. The molecule has 1 N–H and O–H groups in total. The Balaban J connectivity index is 0.00000364. The molecular formula is C20H41IN4O2. The lowest BCUT2D eigenvalue weighted by molar-refractivity contribution is 0.00990. The fraction of sp³-hybridized carbons (Fsp3) is 0.950. The van der Waals surface area contributed by atoms with Crippen molar-refractivity contribution in [2.24, 2.45) is 4.99 Å². The van der Waals surface area contributed by atoms with Gasteiger partial charge < -0.3 is 24.6 Å². The second-order valence-electron chi connectivity index (χ2n) is 7.40. The maximum atomic E-state index is 5.96. The molecule has 0 bridgehead atoms. The van der Waals surface area contributed by atoms with Crippen LogP contribution < -0.4 is 5.32 Å². The molecule has 0 aromatic heterocycles. The highest BCUT2D eigenvalue weighted by Crippen LogP contribution is 2.14. The summed E-state index contributed by atoms with van der Waals surface area (Å²) in [7, 11) is 1.74. The zero-order chi connectivity index (χ0) is 18.5. The van der Waals surface area contributed by atoms with Crippen LogP contribution in [0.3, 0.4) is 0 Å². The number of piperidine rings is 1. The number of hydrogen-bond acceptors (Lipinski definition) is 4. The third-order valence-electron chi connectivity index (χ3n) is 5.27. The van der Waals surface area contributed by atoms with E-state index in [0.29, 0.717) is 6.10 Å². The first-order chi connectivity index (χ1) is 12.8. The predicted molar refractivity (Wildman–Crippen MR) is 123 cm³/mol. The lowest BCUT2D eigenvalue weighted by Crippen LogP contribution is -2.47. The number of ether oxygens (including phenoxy) is 2. The maximum absolute atomic E-state index is 5.96. The Bertz CT molecular complexity index is 384. The minimum absolute atomic E-state index is 0. The number of hydrogen-bond donors (Lipinski definition) is 1. The van der Waals surface area contributed by atoms with Gasteiger partial charge in [0.05, 0.1) is 6.10 Å². The molecule has 2 heterocycles. The zero-order valence-electron chi connectivity index (χ0n) is 17.5. The van der Waals surface area contributed by atoms with Gasteiger partial charge in [0.15, 0.2) is 5.96 Å². The van der Waals surface area contributed by atoms with Crippen molar-refractivity contribution in [1.29, 1.82) is 0 Å². The summed E-state index contributed by atoms with van der Waals surface area (Å²) in [5.74, 6) is 1.09. The van der Waals surface area contributed by atoms with Gasteiger partial charge in [-0.15, -0.1) is 24.0 Å². The molecular weight excluding hydrogens is 455 g/mol. The molecule has 2 aliphatic heterocycles. The first-order valence-corrected chi connectivity index (χ1v) is 10.7. The molecule has 27 heavy (non-hydrogen) atoms. The van der Waals surface area contributed by atoms with E-state index in [4.69, 9.17) is 14.5 Å². The van der Waals surface area contributed by atoms with E-state index in [-0.39, 0.29) is 24.0 Å². The van der Waals surface area contributed by atoms with Gasteiger partial charge >= 0.3 is 0 Å². The number of unbranched alkanes of at least 4 members (excludes halogenated alkanes) is 1. The summed E-state index contributed by atoms with van der Waals surface area (Å²) in [6.07, 6.45) is 8.78. The molecule has 2 aliphatic rings. The quantitative estimate of drug-likeness (QED) is 0.206. The van der Waals surface area contributed by atoms with Gasteiger partial charge in [-0.25, -0.2) is 0 Å². The van der Waals surface area contributed by atoms with Gasteiger partial charge in [0.2, 0.25) is 0 Å². The highest BCUT2D eigenvalue weighted by molar-refractivity contribution is 14.0. The van der Waals surface area contributed by atoms with Gasteiger partial charge in [-0.1, -0.05) is 0 Å². The summed E-state index contributed by atoms with van der Waals surface area (Å²) >= 11 is 0. The van der Waals surface area contributed by atoms with E-state index < -0.39 is 0 Å². The van der Waals surface area contributed by atoms with Crippen LogP contribution in [0.2, 0.25) is 0 Å². The number of likely N-dealkylation sites (tertiary alicyclic amines) is 2. The van der Waals surface area contributed by atoms with Crippen molar-refractivity contribution in [2.75, 3.05) is 66.1 Å². The number of nitrogens with zero attached hydrogens (tertiary/aromatic N) is 3. The van der Waals surface area contributed by atoms with Crippen LogP contribution in [0.15, 0.2) is 4.99 Å². The lowest BCUT2D eigenvalue weighted by atomic mass is 10.1. The number of aliphatic imine (C=N–C) groups is 1. The van der Waals surface area contributed by atoms with Gasteiger partial charge in [-0.05, 0) is 71.5 Å². The van der Waals surface area contributed by atoms with Crippen molar-refractivity contribution in [3.05, 3.63) is 0 Å². The second-order valence-corrected chi connectivity index (χ2v) is 7.40. The van der Waals surface area contributed by atoms with Crippen LogP contribution >= 0.6 is 24.0 Å². The van der Waals surface area contributed by atoms with E-state index in [1.165, 1.54) is 45.3 Å². The molecule has 6 nitrogen and oxygen atoms in total. The topological polar surface area (TPSA) is 49.3 Å². The van der Waals surface area contributed by atoms with Gasteiger partial charge in [0.25, 0.3) is 0 Å². The number of guanidine groups is 1. The third-order valence-corrected chi connectivity index (χ3v) is 5.27. The van der Waals surface area contributed by atoms with Gasteiger partial charge in [0, 0.05) is 46.5 Å². The molecule has 0 radical (unpaired) electrons. The Morgan fingerprint density at radius 2 is 1.78 bits per heavy atom. The van der Waals surface area contributed by atoms with Crippen molar-refractivity contribution in [3.63, 3.8) is 0 Å². The molecule has 0 saturated carbocycles. The highest BCUT2D eigenvalue weighted by atomic mass is 127. The second kappa shape index (κ2) is 15.8. The first-order valence-electron chi connectivity index (χ1n) is 10.7. The molecule has 0 atom stereocenters. The molecule has 7 heteroatoms. The van der Waals surface area contributed by atoms with Gasteiger partial charge in [0.1, 0.15) is 0 Å². The molecule has 0 aliphatic carbocycles. The van der Waals surface area contributed by atoms with Gasteiger partial charge in [-0.3, -0.25) is 4.99 Å². The Labute approximate surface area is 183 Å². The Morgan fingerprint density at radius 3 is 2.44 bits per heavy atom. The van der Waals surface area contributed by atoms with E-state index in [2.05, 4.69) is 22.0 Å². The monoisotopic (exact) mass is 496 g/mol. The molecule has 0 aromatic carbocycles. The van der Waals surface area contributed by atoms with E-state index in [0.717, 1.165) is 64.6 Å². The fourth-order valence-electron chi connectivity index (χ4n) is 3.75. The molecule has 0 amide bonds. The average Bonchev–Trinajstić information content (AvgIpc) is 3.18.